The Hall–Kier alpha value is -1.32. The Labute approximate surface area is 78.5 Å². The van der Waals surface area contributed by atoms with Gasteiger partial charge in [0, 0.05) is 13.3 Å². The van der Waals surface area contributed by atoms with E-state index in [2.05, 4.69) is 20.3 Å². The van der Waals surface area contributed by atoms with E-state index in [0.29, 0.717) is 0 Å². The highest BCUT2D eigenvalue weighted by atomic mass is 15.1. The normalized spacial score (nSPS) is 12.8. The number of rotatable bonds is 1. The molecule has 0 fully saturated rings. The SMILES string of the molecule is CC.CNc1nc2c([nH]1)CCC=N2. The van der Waals surface area contributed by atoms with Crippen LogP contribution in [0.5, 0.6) is 0 Å². The number of aliphatic imine (C=N–C) groups is 1. The van der Waals surface area contributed by atoms with Crippen LogP contribution in [-0.2, 0) is 6.42 Å². The van der Waals surface area contributed by atoms with Gasteiger partial charge in [-0.25, -0.2) is 4.99 Å². The number of nitrogens with zero attached hydrogens (tertiary/aromatic N) is 2. The van der Waals surface area contributed by atoms with Gasteiger partial charge in [0.2, 0.25) is 5.95 Å². The van der Waals surface area contributed by atoms with E-state index in [0.717, 1.165) is 30.3 Å². The van der Waals surface area contributed by atoms with Gasteiger partial charge in [0.05, 0.1) is 5.69 Å². The molecule has 2 N–H and O–H groups in total. The summed E-state index contributed by atoms with van der Waals surface area (Å²) in [6.07, 6.45) is 3.94. The Morgan fingerprint density at radius 1 is 1.46 bits per heavy atom. The predicted molar refractivity (Wildman–Crippen MR) is 56.0 cm³/mol. The molecule has 0 saturated heterocycles. The smallest absolute Gasteiger partial charge is 0.202 e. The second-order valence-corrected chi connectivity index (χ2v) is 2.49. The zero-order valence-electron chi connectivity index (χ0n) is 8.39. The van der Waals surface area contributed by atoms with E-state index in [1.807, 2.05) is 27.1 Å². The van der Waals surface area contributed by atoms with Gasteiger partial charge in [-0.05, 0) is 12.8 Å². The maximum atomic E-state index is 4.20. The number of anilines is 1. The van der Waals surface area contributed by atoms with Crippen LogP contribution < -0.4 is 5.32 Å². The van der Waals surface area contributed by atoms with Crippen molar-refractivity contribution in [2.24, 2.45) is 4.99 Å². The highest BCUT2D eigenvalue weighted by molar-refractivity contribution is 5.66. The molecule has 0 bridgehead atoms. The molecule has 4 heteroatoms. The van der Waals surface area contributed by atoms with E-state index in [1.165, 1.54) is 0 Å². The summed E-state index contributed by atoms with van der Waals surface area (Å²) >= 11 is 0. The van der Waals surface area contributed by atoms with Crippen molar-refractivity contribution >= 4 is 18.0 Å². The molecule has 0 aliphatic carbocycles. The van der Waals surface area contributed by atoms with E-state index in [1.54, 1.807) is 0 Å². The Balaban J connectivity index is 0.000000396. The molecule has 0 atom stereocenters. The quantitative estimate of drug-likeness (QED) is 0.695. The predicted octanol–water partition coefficient (Wildman–Crippen LogP) is 2.13. The number of aromatic nitrogens is 2. The average Bonchev–Trinajstić information content (AvgIpc) is 2.63. The first-order valence-electron chi connectivity index (χ1n) is 4.69. The van der Waals surface area contributed by atoms with E-state index >= 15 is 0 Å². The number of imidazole rings is 1. The fourth-order valence-corrected chi connectivity index (χ4v) is 1.16. The molecule has 0 saturated carbocycles. The average molecular weight is 180 g/mol. The lowest BCUT2D eigenvalue weighted by atomic mass is 10.2. The van der Waals surface area contributed by atoms with Crippen molar-refractivity contribution in [3.05, 3.63) is 5.69 Å². The fraction of sp³-hybridized carbons (Fsp3) is 0.556. The molecule has 4 nitrogen and oxygen atoms in total. The van der Waals surface area contributed by atoms with Crippen LogP contribution in [0.25, 0.3) is 0 Å². The first kappa shape index (κ1) is 9.77. The molecule has 2 heterocycles. The highest BCUT2D eigenvalue weighted by Gasteiger charge is 2.09. The molecule has 1 aromatic rings. The third-order valence-electron chi connectivity index (χ3n) is 1.73. The minimum atomic E-state index is 0.800. The third-order valence-corrected chi connectivity index (χ3v) is 1.73. The van der Waals surface area contributed by atoms with Gasteiger partial charge in [0.1, 0.15) is 0 Å². The largest absolute Gasteiger partial charge is 0.359 e. The second-order valence-electron chi connectivity index (χ2n) is 2.49. The van der Waals surface area contributed by atoms with E-state index in [-0.39, 0.29) is 0 Å². The summed E-state index contributed by atoms with van der Waals surface area (Å²) < 4.78 is 0. The lowest BCUT2D eigenvalue weighted by Crippen LogP contribution is -1.92. The molecular formula is C9H16N4. The molecule has 13 heavy (non-hydrogen) atoms. The number of aryl methyl sites for hydroxylation is 1. The lowest BCUT2D eigenvalue weighted by Gasteiger charge is -1.99. The van der Waals surface area contributed by atoms with Crippen LogP contribution >= 0.6 is 0 Å². The molecule has 0 spiro atoms. The lowest BCUT2D eigenvalue weighted by molar-refractivity contribution is 0.979. The Kier molecular flexibility index (Phi) is 3.49. The molecule has 0 unspecified atom stereocenters. The van der Waals surface area contributed by atoms with Crippen molar-refractivity contribution in [3.8, 4) is 0 Å². The standard InChI is InChI=1S/C7H10N4.C2H6/c1-8-7-10-5-3-2-4-9-6(5)11-7;1-2/h4H,2-3H2,1H3,(H2,8,10,11);1-2H3. The zero-order valence-corrected chi connectivity index (χ0v) is 8.39. The summed E-state index contributed by atoms with van der Waals surface area (Å²) in [5.74, 6) is 1.63. The topological polar surface area (TPSA) is 53.1 Å². The first-order valence-corrected chi connectivity index (χ1v) is 4.69. The minimum absolute atomic E-state index is 0.800. The van der Waals surface area contributed by atoms with Crippen LogP contribution in [-0.4, -0.2) is 23.2 Å². The molecule has 72 valence electrons. The number of hydrogen-bond acceptors (Lipinski definition) is 3. The van der Waals surface area contributed by atoms with Gasteiger partial charge in [-0.3, -0.25) is 0 Å². The first-order chi connectivity index (χ1) is 6.40. The zero-order chi connectivity index (χ0) is 9.68. The van der Waals surface area contributed by atoms with Crippen LogP contribution in [0.4, 0.5) is 11.8 Å². The molecular weight excluding hydrogens is 164 g/mol. The molecule has 1 aliphatic heterocycles. The Morgan fingerprint density at radius 3 is 2.85 bits per heavy atom. The number of hydrogen-bond donors (Lipinski definition) is 2. The molecule has 1 aromatic heterocycles. The van der Waals surface area contributed by atoms with Crippen LogP contribution in [0.2, 0.25) is 0 Å². The fourth-order valence-electron chi connectivity index (χ4n) is 1.16. The van der Waals surface area contributed by atoms with E-state index in [4.69, 9.17) is 0 Å². The van der Waals surface area contributed by atoms with Crippen LogP contribution in [0.3, 0.4) is 0 Å². The van der Waals surface area contributed by atoms with Gasteiger partial charge >= 0.3 is 0 Å². The van der Waals surface area contributed by atoms with Gasteiger partial charge in [-0.1, -0.05) is 13.8 Å². The van der Waals surface area contributed by atoms with Crippen molar-refractivity contribution in [3.63, 3.8) is 0 Å². The summed E-state index contributed by atoms with van der Waals surface area (Å²) in [5, 5.41) is 2.94. The summed E-state index contributed by atoms with van der Waals surface area (Å²) in [7, 11) is 1.84. The Morgan fingerprint density at radius 2 is 2.23 bits per heavy atom. The molecule has 1 aliphatic rings. The van der Waals surface area contributed by atoms with Crippen molar-refractivity contribution in [2.75, 3.05) is 12.4 Å². The highest BCUT2D eigenvalue weighted by Crippen LogP contribution is 2.22. The molecule has 0 amide bonds. The summed E-state index contributed by atoms with van der Waals surface area (Å²) in [6, 6.07) is 0. The maximum Gasteiger partial charge on any atom is 0.202 e. The molecule has 0 radical (unpaired) electrons. The van der Waals surface area contributed by atoms with Gasteiger partial charge in [0.15, 0.2) is 5.82 Å². The van der Waals surface area contributed by atoms with Crippen LogP contribution in [0.1, 0.15) is 26.0 Å². The van der Waals surface area contributed by atoms with Crippen molar-refractivity contribution in [1.82, 2.24) is 9.97 Å². The van der Waals surface area contributed by atoms with Gasteiger partial charge in [-0.2, -0.15) is 4.98 Å². The van der Waals surface area contributed by atoms with Crippen molar-refractivity contribution in [1.29, 1.82) is 0 Å². The second kappa shape index (κ2) is 4.64. The summed E-state index contributed by atoms with van der Waals surface area (Å²) in [6.45, 7) is 4.00. The Bertz CT molecular complexity index is 288. The number of fused-ring (bicyclic) bond motifs is 1. The third kappa shape index (κ3) is 2.08. The number of nitrogens with one attached hydrogen (secondary N) is 2. The van der Waals surface area contributed by atoms with Crippen molar-refractivity contribution in [2.45, 2.75) is 26.7 Å². The monoisotopic (exact) mass is 180 g/mol. The van der Waals surface area contributed by atoms with Crippen LogP contribution in [0.15, 0.2) is 4.99 Å². The maximum absolute atomic E-state index is 4.20. The summed E-state index contributed by atoms with van der Waals surface area (Å²) in [5.41, 5.74) is 1.14. The molecule has 0 aromatic carbocycles. The minimum Gasteiger partial charge on any atom is -0.359 e. The number of aromatic amines is 1. The molecule has 2 rings (SSSR count). The summed E-state index contributed by atoms with van der Waals surface area (Å²) in [4.78, 5) is 11.5. The van der Waals surface area contributed by atoms with E-state index < -0.39 is 0 Å². The van der Waals surface area contributed by atoms with Gasteiger partial charge < -0.3 is 10.3 Å². The van der Waals surface area contributed by atoms with E-state index in [9.17, 15) is 0 Å². The van der Waals surface area contributed by atoms with Gasteiger partial charge in [0.25, 0.3) is 0 Å². The van der Waals surface area contributed by atoms with Crippen molar-refractivity contribution < 1.29 is 0 Å². The van der Waals surface area contributed by atoms with Crippen LogP contribution in [0, 0.1) is 0 Å². The number of H-pyrrole nitrogens is 1. The van der Waals surface area contributed by atoms with Gasteiger partial charge in [-0.15, -0.1) is 0 Å².